The number of carbonyl (C=O) groups is 2. The number of esters is 1. The molecule has 318 valence electrons. The zero-order valence-electron chi connectivity index (χ0n) is 36.2. The number of cyclic esters (lactones) is 1. The van der Waals surface area contributed by atoms with E-state index in [1.165, 1.54) is 0 Å². The Kier molecular flexibility index (Phi) is 18.9. The van der Waals surface area contributed by atoms with E-state index in [-0.39, 0.29) is 54.6 Å². The van der Waals surface area contributed by atoms with Gasteiger partial charge >= 0.3 is 5.97 Å². The van der Waals surface area contributed by atoms with Crippen LogP contribution >= 0.6 is 0 Å². The number of ketones is 1. The summed E-state index contributed by atoms with van der Waals surface area (Å²) in [5.74, 6) is -1.58. The molecule has 3 heterocycles. The molecular formula is C43H75NO11. The molecular weight excluding hydrogens is 706 g/mol. The summed E-state index contributed by atoms with van der Waals surface area (Å²) >= 11 is 0. The van der Waals surface area contributed by atoms with Crippen molar-refractivity contribution in [1.82, 2.24) is 4.90 Å². The third-order valence-corrected chi connectivity index (χ3v) is 12.9. The van der Waals surface area contributed by atoms with Gasteiger partial charge in [0.25, 0.3) is 0 Å². The quantitative estimate of drug-likeness (QED) is 0.194. The molecule has 2 fully saturated rings. The number of methoxy groups -OCH3 is 2. The first-order valence-corrected chi connectivity index (χ1v) is 20.6. The van der Waals surface area contributed by atoms with Crippen LogP contribution in [0.2, 0.25) is 0 Å². The maximum atomic E-state index is 13.8. The second-order valence-corrected chi connectivity index (χ2v) is 17.1. The highest BCUT2D eigenvalue weighted by Gasteiger charge is 2.46. The van der Waals surface area contributed by atoms with Crippen LogP contribution in [0.1, 0.15) is 94.9 Å². The van der Waals surface area contributed by atoms with Crippen molar-refractivity contribution in [2.45, 2.75) is 156 Å². The summed E-state index contributed by atoms with van der Waals surface area (Å²) in [6.07, 6.45) is 1.04. The Morgan fingerprint density at radius 1 is 0.855 bits per heavy atom. The summed E-state index contributed by atoms with van der Waals surface area (Å²) < 4.78 is 43.4. The van der Waals surface area contributed by atoms with E-state index in [1.54, 1.807) is 20.3 Å². The van der Waals surface area contributed by atoms with E-state index < -0.39 is 67.2 Å². The number of ether oxygens (including phenoxy) is 7. The lowest BCUT2D eigenvalue weighted by molar-refractivity contribution is -0.289. The number of nitrogens with zero attached hydrogens (tertiary/aromatic N) is 1. The second kappa shape index (κ2) is 21.9. The number of allylic oxidation sites excluding steroid dienone is 3. The minimum atomic E-state index is -1.15. The monoisotopic (exact) mass is 782 g/mol. The number of hydrogen-bond acceptors (Lipinski definition) is 12. The Morgan fingerprint density at radius 3 is 2.09 bits per heavy atom. The van der Waals surface area contributed by atoms with Crippen molar-refractivity contribution in [2.24, 2.45) is 47.3 Å². The molecule has 0 radical (unpaired) electrons. The summed E-state index contributed by atoms with van der Waals surface area (Å²) in [4.78, 5) is 29.5. The van der Waals surface area contributed by atoms with Crippen LogP contribution in [-0.4, -0.2) is 123 Å². The molecule has 3 aliphatic heterocycles. The molecule has 0 spiro atoms. The van der Waals surface area contributed by atoms with Crippen molar-refractivity contribution >= 4 is 11.8 Å². The van der Waals surface area contributed by atoms with Crippen LogP contribution in [0.15, 0.2) is 23.8 Å². The highest BCUT2D eigenvalue weighted by molar-refractivity contribution is 5.91. The first kappa shape index (κ1) is 47.6. The number of aliphatic hydroxyl groups is 2. The van der Waals surface area contributed by atoms with Crippen molar-refractivity contribution in [3.8, 4) is 0 Å². The first-order valence-electron chi connectivity index (χ1n) is 20.6. The summed E-state index contributed by atoms with van der Waals surface area (Å²) in [7, 11) is 6.95. The minimum Gasteiger partial charge on any atom is -0.462 e. The van der Waals surface area contributed by atoms with Crippen molar-refractivity contribution in [3.05, 3.63) is 23.8 Å². The molecule has 3 rings (SSSR count). The van der Waals surface area contributed by atoms with Gasteiger partial charge in [0.2, 0.25) is 0 Å². The summed E-state index contributed by atoms with van der Waals surface area (Å²) in [6, 6.07) is -0.257. The summed E-state index contributed by atoms with van der Waals surface area (Å²) in [5.41, 5.74) is 0.837. The van der Waals surface area contributed by atoms with Crippen LogP contribution in [0.5, 0.6) is 0 Å². The van der Waals surface area contributed by atoms with Gasteiger partial charge < -0.3 is 48.3 Å². The highest BCUT2D eigenvalue weighted by atomic mass is 16.7. The smallest absolute Gasteiger partial charge is 0.308 e. The number of hydrogen-bond donors (Lipinski definition) is 2. The van der Waals surface area contributed by atoms with E-state index in [0.717, 1.165) is 5.57 Å². The molecule has 12 nitrogen and oxygen atoms in total. The molecule has 12 heteroatoms. The normalized spacial score (nSPS) is 43.2. The fraction of sp³-hybridized carbons (Fsp3) is 0.860. The van der Waals surface area contributed by atoms with Crippen LogP contribution < -0.4 is 0 Å². The van der Waals surface area contributed by atoms with Gasteiger partial charge in [-0.1, -0.05) is 66.2 Å². The van der Waals surface area contributed by atoms with Crippen molar-refractivity contribution in [3.63, 3.8) is 0 Å². The molecule has 0 bridgehead atoms. The van der Waals surface area contributed by atoms with Crippen LogP contribution in [0.25, 0.3) is 0 Å². The van der Waals surface area contributed by atoms with Crippen LogP contribution in [0.3, 0.4) is 0 Å². The topological polar surface area (TPSA) is 142 Å². The minimum absolute atomic E-state index is 0.0456. The van der Waals surface area contributed by atoms with Gasteiger partial charge in [0.15, 0.2) is 24.7 Å². The maximum absolute atomic E-state index is 13.8. The van der Waals surface area contributed by atoms with E-state index in [4.69, 9.17) is 33.2 Å². The van der Waals surface area contributed by atoms with Gasteiger partial charge in [-0.05, 0) is 71.5 Å². The zero-order valence-corrected chi connectivity index (χ0v) is 36.2. The second-order valence-electron chi connectivity index (χ2n) is 17.1. The highest BCUT2D eigenvalue weighted by Crippen LogP contribution is 2.38. The summed E-state index contributed by atoms with van der Waals surface area (Å²) in [5, 5.41) is 22.9. The lowest BCUT2D eigenvalue weighted by Gasteiger charge is -2.47. The first-order chi connectivity index (χ1) is 25.8. The van der Waals surface area contributed by atoms with E-state index in [9.17, 15) is 19.8 Å². The van der Waals surface area contributed by atoms with Crippen molar-refractivity contribution in [2.75, 3.05) is 34.9 Å². The number of rotatable bonds is 11. The number of likely N-dealkylation sites (N-methyl/N-ethyl adjacent to an activating group) is 1. The molecule has 2 saturated heterocycles. The molecule has 0 aromatic carbocycles. The van der Waals surface area contributed by atoms with Gasteiger partial charge in [0, 0.05) is 56.3 Å². The van der Waals surface area contributed by atoms with Crippen LogP contribution in [-0.2, 0) is 42.7 Å². The van der Waals surface area contributed by atoms with Gasteiger partial charge in [-0.15, -0.1) is 0 Å². The molecule has 0 amide bonds. The van der Waals surface area contributed by atoms with Gasteiger partial charge in [0.1, 0.15) is 6.10 Å². The Morgan fingerprint density at radius 2 is 1.49 bits per heavy atom. The van der Waals surface area contributed by atoms with E-state index in [0.29, 0.717) is 31.1 Å². The Labute approximate surface area is 331 Å². The number of aliphatic hydroxyl groups excluding tert-OH is 2. The lowest BCUT2D eigenvalue weighted by atomic mass is 9.79. The molecule has 2 N–H and O–H groups in total. The number of carbonyl (C=O) groups excluding carboxylic acids is 2. The Hall–Kier alpha value is -1.74. The molecule has 0 unspecified atom stereocenters. The van der Waals surface area contributed by atoms with Crippen molar-refractivity contribution in [1.29, 1.82) is 0 Å². The lowest BCUT2D eigenvalue weighted by Crippen LogP contribution is -2.59. The molecule has 0 aromatic heterocycles. The van der Waals surface area contributed by atoms with E-state index in [2.05, 4.69) is 27.7 Å². The SMILES string of the molecule is CC[C@H]1OC(=O)C[C@@H](O)[C@H](C)[C@@H](O[C@@H]2O[C@H](C)[C@@H](O)[C@H](N(C)C)[C@H]2C)[C@@H](CC(OC)OC)C[C@@H](C)C(=O)/C=C/C(C)=C/[C@@H]1CO[C@@H]1O[C@H](C)[C@@H](C)[C@@H](C)[C@H]1C. The predicted octanol–water partition coefficient (Wildman–Crippen LogP) is 5.78. The van der Waals surface area contributed by atoms with E-state index in [1.807, 2.05) is 72.7 Å². The van der Waals surface area contributed by atoms with E-state index >= 15 is 0 Å². The molecule has 0 aliphatic carbocycles. The standard InChI is InChI=1S/C43H75NO11/c1-15-36-33(22-51-42-27(6)25(4)26(5)30(9)52-42)18-23(2)16-17-34(45)24(3)19-32(20-38(49-13)50-14)41(28(7)35(46)21-37(47)54-36)55-43-29(8)39(44(11)12)40(48)31(10)53-43/h16-18,24-33,35-36,38-43,46,48H,15,19-22H2,1-14H3/b17-16+,23-18+/t24-,25-,26+,27-,28+,29-,30-,31-,32-,33-,35-,36-,39-,40-,41-,42-,43+/m1/s1. The predicted molar refractivity (Wildman–Crippen MR) is 211 cm³/mol. The fourth-order valence-corrected chi connectivity index (χ4v) is 8.70. The zero-order chi connectivity index (χ0) is 41.3. The van der Waals surface area contributed by atoms with Crippen LogP contribution in [0.4, 0.5) is 0 Å². The van der Waals surface area contributed by atoms with Gasteiger partial charge in [0.05, 0.1) is 43.5 Å². The average Bonchev–Trinajstić information content (AvgIpc) is 3.14. The fourth-order valence-electron chi connectivity index (χ4n) is 8.70. The molecule has 3 aliphatic rings. The summed E-state index contributed by atoms with van der Waals surface area (Å²) in [6.45, 7) is 20.3. The Balaban J connectivity index is 2.01. The average molecular weight is 782 g/mol. The van der Waals surface area contributed by atoms with Gasteiger partial charge in [-0.3, -0.25) is 9.59 Å². The third kappa shape index (κ3) is 12.6. The largest absolute Gasteiger partial charge is 0.462 e. The van der Waals surface area contributed by atoms with Gasteiger partial charge in [-0.25, -0.2) is 0 Å². The maximum Gasteiger partial charge on any atom is 0.308 e. The molecule has 0 aromatic rings. The molecule has 0 saturated carbocycles. The molecule has 55 heavy (non-hydrogen) atoms. The van der Waals surface area contributed by atoms with Crippen LogP contribution in [0, 0.1) is 47.3 Å². The van der Waals surface area contributed by atoms with Crippen molar-refractivity contribution < 1.29 is 53.0 Å². The Bertz CT molecular complexity index is 1250. The van der Waals surface area contributed by atoms with Gasteiger partial charge in [-0.2, -0.15) is 0 Å². The third-order valence-electron chi connectivity index (χ3n) is 12.9. The molecule has 17 atom stereocenters.